The molecule has 2 aromatic heterocycles. The molecule has 1 aromatic carbocycles. The number of aromatic nitrogens is 2. The highest BCUT2D eigenvalue weighted by Crippen LogP contribution is 2.08. The Labute approximate surface area is 182 Å². The minimum atomic E-state index is 0. The van der Waals surface area contributed by atoms with Gasteiger partial charge in [-0.1, -0.05) is 24.3 Å². The molecule has 3 rings (SSSR count). The molecule has 3 aromatic rings. The third kappa shape index (κ3) is 7.02. The molecule has 5 heteroatoms. The van der Waals surface area contributed by atoms with Gasteiger partial charge in [-0.2, -0.15) is 9.13 Å². The Balaban J connectivity index is 0.00000300. The van der Waals surface area contributed by atoms with E-state index in [2.05, 4.69) is 0 Å². The fourth-order valence-electron chi connectivity index (χ4n) is 3.18. The lowest BCUT2D eigenvalue weighted by atomic mass is 10.0. The highest BCUT2D eigenvalue weighted by atomic mass is 79.9. The standard InChI is InChI=1S/C24H26N2O2.BrH/c1-19-5-3-13-25(15-19)17-23(27)12-9-21-7-10-22(11-8-21)24(28)18-26-14-4-6-20(2)16-26;/h3-8,10-11,13-16H,9,12,17-18H2,1-2H3;1H/q+2;/p-1. The first kappa shape index (κ1) is 22.6. The molecule has 0 aliphatic carbocycles. The quantitative estimate of drug-likeness (QED) is 0.355. The van der Waals surface area contributed by atoms with Gasteiger partial charge in [0.05, 0.1) is 0 Å². The van der Waals surface area contributed by atoms with E-state index in [1.165, 1.54) is 0 Å². The summed E-state index contributed by atoms with van der Waals surface area (Å²) in [7, 11) is 0. The molecule has 0 radical (unpaired) electrons. The van der Waals surface area contributed by atoms with Crippen LogP contribution in [0.1, 0.15) is 33.5 Å². The van der Waals surface area contributed by atoms with Gasteiger partial charge in [0, 0.05) is 35.2 Å². The number of pyridine rings is 2. The topological polar surface area (TPSA) is 41.9 Å². The van der Waals surface area contributed by atoms with Crippen molar-refractivity contribution in [2.24, 2.45) is 0 Å². The van der Waals surface area contributed by atoms with Crippen molar-refractivity contribution in [3.8, 4) is 0 Å². The van der Waals surface area contributed by atoms with Gasteiger partial charge < -0.3 is 17.0 Å². The maximum absolute atomic E-state index is 12.5. The zero-order valence-electron chi connectivity index (χ0n) is 16.8. The van der Waals surface area contributed by atoms with Crippen LogP contribution >= 0.6 is 0 Å². The Hall–Kier alpha value is -2.66. The average Bonchev–Trinajstić information content (AvgIpc) is 2.67. The molecule has 0 saturated heterocycles. The molecular formula is C24H26BrN2O2+. The van der Waals surface area contributed by atoms with E-state index in [1.54, 1.807) is 0 Å². The van der Waals surface area contributed by atoms with Gasteiger partial charge >= 0.3 is 0 Å². The molecule has 0 unspecified atom stereocenters. The molecule has 0 aliphatic heterocycles. The van der Waals surface area contributed by atoms with Gasteiger partial charge in [0.15, 0.2) is 30.6 Å². The Morgan fingerprint density at radius 3 is 1.90 bits per heavy atom. The van der Waals surface area contributed by atoms with Crippen molar-refractivity contribution in [3.05, 3.63) is 95.6 Å². The number of nitrogens with zero attached hydrogens (tertiary/aromatic N) is 2. The number of benzene rings is 1. The number of carbonyl (C=O) groups excluding carboxylic acids is 2. The van der Waals surface area contributed by atoms with E-state index in [0.29, 0.717) is 31.5 Å². The van der Waals surface area contributed by atoms with E-state index in [1.807, 2.05) is 96.3 Å². The highest BCUT2D eigenvalue weighted by Gasteiger charge is 2.13. The van der Waals surface area contributed by atoms with Gasteiger partial charge in [-0.3, -0.25) is 9.59 Å². The summed E-state index contributed by atoms with van der Waals surface area (Å²) in [4.78, 5) is 24.7. The van der Waals surface area contributed by atoms with Crippen LogP contribution in [-0.4, -0.2) is 11.6 Å². The maximum Gasteiger partial charge on any atom is 0.227 e. The smallest absolute Gasteiger partial charge is 0.227 e. The molecule has 0 saturated carbocycles. The maximum atomic E-state index is 12.5. The second-order valence-electron chi connectivity index (χ2n) is 7.27. The summed E-state index contributed by atoms with van der Waals surface area (Å²) in [6.07, 6.45) is 8.93. The summed E-state index contributed by atoms with van der Waals surface area (Å²) in [6.45, 7) is 4.75. The second-order valence-corrected chi connectivity index (χ2v) is 7.27. The first-order valence-corrected chi connectivity index (χ1v) is 9.55. The van der Waals surface area contributed by atoms with Crippen molar-refractivity contribution in [3.63, 3.8) is 0 Å². The van der Waals surface area contributed by atoms with Gasteiger partial charge in [-0.25, -0.2) is 0 Å². The minimum absolute atomic E-state index is 0. The average molecular weight is 454 g/mol. The fourth-order valence-corrected chi connectivity index (χ4v) is 3.18. The van der Waals surface area contributed by atoms with Crippen molar-refractivity contribution in [2.75, 3.05) is 0 Å². The normalized spacial score (nSPS) is 10.3. The SMILES string of the molecule is Cc1ccc[n+](CC(=O)CCc2ccc(C(=O)C[n+]3cccc(C)c3)cc2)c1.[Br-]. The van der Waals surface area contributed by atoms with Crippen molar-refractivity contribution in [2.45, 2.75) is 39.8 Å². The van der Waals surface area contributed by atoms with Crippen LogP contribution in [0.4, 0.5) is 0 Å². The molecule has 4 nitrogen and oxygen atoms in total. The van der Waals surface area contributed by atoms with E-state index < -0.39 is 0 Å². The molecule has 0 aliphatic rings. The Morgan fingerprint density at radius 1 is 0.793 bits per heavy atom. The fraction of sp³-hybridized carbons (Fsp3) is 0.250. The van der Waals surface area contributed by atoms with Crippen LogP contribution in [0.25, 0.3) is 0 Å². The number of Topliss-reactive ketones (excluding diaryl/α,β-unsaturated/α-hetero) is 2. The van der Waals surface area contributed by atoms with Gasteiger partial charge in [-0.15, -0.1) is 0 Å². The molecule has 0 atom stereocenters. The predicted molar refractivity (Wildman–Crippen MR) is 107 cm³/mol. The van der Waals surface area contributed by atoms with Crippen molar-refractivity contribution < 1.29 is 35.7 Å². The lowest BCUT2D eigenvalue weighted by Gasteiger charge is -2.03. The zero-order chi connectivity index (χ0) is 19.9. The molecule has 0 fully saturated rings. The highest BCUT2D eigenvalue weighted by molar-refractivity contribution is 5.95. The van der Waals surface area contributed by atoms with Gasteiger partial charge in [0.25, 0.3) is 0 Å². The van der Waals surface area contributed by atoms with Gasteiger partial charge in [0.1, 0.15) is 0 Å². The van der Waals surface area contributed by atoms with Crippen molar-refractivity contribution in [1.29, 1.82) is 0 Å². The Kier molecular flexibility index (Phi) is 8.40. The van der Waals surface area contributed by atoms with E-state index in [9.17, 15) is 9.59 Å². The summed E-state index contributed by atoms with van der Waals surface area (Å²) < 4.78 is 3.82. The zero-order valence-corrected chi connectivity index (χ0v) is 18.4. The first-order chi connectivity index (χ1) is 13.5. The molecule has 2 heterocycles. The van der Waals surface area contributed by atoms with Gasteiger partial charge in [0.2, 0.25) is 18.9 Å². The number of carbonyl (C=O) groups is 2. The van der Waals surface area contributed by atoms with Crippen LogP contribution in [0.3, 0.4) is 0 Å². The Morgan fingerprint density at radius 2 is 1.34 bits per heavy atom. The summed E-state index contributed by atoms with van der Waals surface area (Å²) >= 11 is 0. The van der Waals surface area contributed by atoms with E-state index in [4.69, 9.17) is 0 Å². The molecular weight excluding hydrogens is 428 g/mol. The number of hydrogen-bond donors (Lipinski definition) is 0. The van der Waals surface area contributed by atoms with E-state index in [0.717, 1.165) is 16.7 Å². The number of aryl methyl sites for hydroxylation is 3. The molecule has 0 N–H and O–H groups in total. The summed E-state index contributed by atoms with van der Waals surface area (Å²) in [6, 6.07) is 15.5. The van der Waals surface area contributed by atoms with Crippen molar-refractivity contribution in [1.82, 2.24) is 0 Å². The number of ketones is 2. The molecule has 0 amide bonds. The molecule has 29 heavy (non-hydrogen) atoms. The van der Waals surface area contributed by atoms with Crippen LogP contribution in [0.5, 0.6) is 0 Å². The monoisotopic (exact) mass is 453 g/mol. The summed E-state index contributed by atoms with van der Waals surface area (Å²) in [5, 5.41) is 0. The van der Waals surface area contributed by atoms with Crippen LogP contribution in [0.15, 0.2) is 73.3 Å². The largest absolute Gasteiger partial charge is 1.00 e. The lowest BCUT2D eigenvalue weighted by Crippen LogP contribution is -3.00. The minimum Gasteiger partial charge on any atom is -1.00 e. The number of rotatable bonds is 8. The first-order valence-electron chi connectivity index (χ1n) is 9.55. The third-order valence-electron chi connectivity index (χ3n) is 4.67. The molecule has 0 bridgehead atoms. The van der Waals surface area contributed by atoms with Crippen LogP contribution < -0.4 is 26.1 Å². The van der Waals surface area contributed by atoms with E-state index in [-0.39, 0.29) is 28.5 Å². The summed E-state index contributed by atoms with van der Waals surface area (Å²) in [5.41, 5.74) is 4.03. The van der Waals surface area contributed by atoms with Crippen LogP contribution in [0, 0.1) is 13.8 Å². The van der Waals surface area contributed by atoms with Crippen LogP contribution in [-0.2, 0) is 24.3 Å². The number of halogens is 1. The van der Waals surface area contributed by atoms with E-state index >= 15 is 0 Å². The van der Waals surface area contributed by atoms with Gasteiger partial charge in [-0.05, 0) is 38.0 Å². The Bertz CT molecular complexity index is 984. The third-order valence-corrected chi connectivity index (χ3v) is 4.67. The summed E-state index contributed by atoms with van der Waals surface area (Å²) in [5.74, 6) is 0.278. The second kappa shape index (κ2) is 10.8. The molecule has 150 valence electrons. The van der Waals surface area contributed by atoms with Crippen LogP contribution in [0.2, 0.25) is 0 Å². The molecule has 0 spiro atoms. The lowest BCUT2D eigenvalue weighted by molar-refractivity contribution is -0.684. The number of hydrogen-bond acceptors (Lipinski definition) is 2. The van der Waals surface area contributed by atoms with Crippen molar-refractivity contribution >= 4 is 11.6 Å². The predicted octanol–water partition coefficient (Wildman–Crippen LogP) is -0.0328.